The average molecular weight is 425 g/mol. The van der Waals surface area contributed by atoms with Crippen molar-refractivity contribution in [2.24, 2.45) is 11.3 Å². The topological polar surface area (TPSA) is 49.4 Å². The van der Waals surface area contributed by atoms with E-state index in [0.717, 1.165) is 55.8 Å². The standard InChI is InChI=1S/C25H32N2O2S/c1-25(2,3)18-12-13-19-20(16-18)30-23(26-22(28)17-10-6-4-7-11-17)21(19)24(29)27-14-8-5-9-15-27/h4,6-7,10-11,18H,5,8-9,12-16H2,1-3H3,(H,26,28). The van der Waals surface area contributed by atoms with Gasteiger partial charge in [0.25, 0.3) is 11.8 Å². The van der Waals surface area contributed by atoms with Crippen LogP contribution < -0.4 is 5.32 Å². The van der Waals surface area contributed by atoms with Crippen molar-refractivity contribution in [1.29, 1.82) is 0 Å². The number of carbonyl (C=O) groups is 2. The van der Waals surface area contributed by atoms with Gasteiger partial charge in [-0.1, -0.05) is 39.0 Å². The highest BCUT2D eigenvalue weighted by molar-refractivity contribution is 7.17. The largest absolute Gasteiger partial charge is 0.339 e. The van der Waals surface area contributed by atoms with E-state index in [1.807, 2.05) is 35.2 Å². The van der Waals surface area contributed by atoms with E-state index in [9.17, 15) is 9.59 Å². The molecule has 160 valence electrons. The van der Waals surface area contributed by atoms with E-state index in [-0.39, 0.29) is 17.2 Å². The van der Waals surface area contributed by atoms with Gasteiger partial charge in [0.2, 0.25) is 0 Å². The van der Waals surface area contributed by atoms with Crippen LogP contribution in [0.2, 0.25) is 0 Å². The molecule has 0 bridgehead atoms. The second kappa shape index (κ2) is 8.54. The summed E-state index contributed by atoms with van der Waals surface area (Å²) in [6.45, 7) is 8.54. The lowest BCUT2D eigenvalue weighted by Gasteiger charge is -2.34. The summed E-state index contributed by atoms with van der Waals surface area (Å²) in [4.78, 5) is 29.7. The molecule has 1 aromatic carbocycles. The number of amides is 2. The third kappa shape index (κ3) is 4.31. The molecule has 1 N–H and O–H groups in total. The Bertz CT molecular complexity index is 921. The van der Waals surface area contributed by atoms with Gasteiger partial charge in [-0.3, -0.25) is 9.59 Å². The van der Waals surface area contributed by atoms with Crippen LogP contribution in [-0.4, -0.2) is 29.8 Å². The molecule has 4 rings (SSSR count). The molecule has 1 atom stereocenters. The monoisotopic (exact) mass is 424 g/mol. The highest BCUT2D eigenvalue weighted by atomic mass is 32.1. The van der Waals surface area contributed by atoms with Crippen molar-refractivity contribution < 1.29 is 9.59 Å². The van der Waals surface area contributed by atoms with E-state index in [2.05, 4.69) is 26.1 Å². The zero-order valence-electron chi connectivity index (χ0n) is 18.3. The second-order valence-corrected chi connectivity index (χ2v) is 10.8. The minimum absolute atomic E-state index is 0.102. The fourth-order valence-electron chi connectivity index (χ4n) is 4.66. The van der Waals surface area contributed by atoms with E-state index < -0.39 is 0 Å². The smallest absolute Gasteiger partial charge is 0.257 e. The zero-order valence-corrected chi connectivity index (χ0v) is 19.1. The predicted molar refractivity (Wildman–Crippen MR) is 123 cm³/mol. The minimum Gasteiger partial charge on any atom is -0.339 e. The lowest BCUT2D eigenvalue weighted by molar-refractivity contribution is 0.0724. The maximum Gasteiger partial charge on any atom is 0.257 e. The molecular formula is C25H32N2O2S. The number of hydrogen-bond acceptors (Lipinski definition) is 3. The molecule has 30 heavy (non-hydrogen) atoms. The molecule has 5 heteroatoms. The fourth-order valence-corrected chi connectivity index (χ4v) is 5.97. The molecular weight excluding hydrogens is 392 g/mol. The average Bonchev–Trinajstić information content (AvgIpc) is 3.10. The number of benzene rings is 1. The molecule has 2 heterocycles. The van der Waals surface area contributed by atoms with Crippen molar-refractivity contribution in [3.8, 4) is 0 Å². The predicted octanol–water partition coefficient (Wildman–Crippen LogP) is 5.78. The Morgan fingerprint density at radius 2 is 1.77 bits per heavy atom. The quantitative estimate of drug-likeness (QED) is 0.679. The van der Waals surface area contributed by atoms with Gasteiger partial charge in [-0.15, -0.1) is 11.3 Å². The molecule has 0 saturated carbocycles. The van der Waals surface area contributed by atoms with Crippen LogP contribution in [0.25, 0.3) is 0 Å². The van der Waals surface area contributed by atoms with Gasteiger partial charge in [0.1, 0.15) is 5.00 Å². The van der Waals surface area contributed by atoms with Crippen molar-refractivity contribution in [2.45, 2.75) is 59.3 Å². The summed E-state index contributed by atoms with van der Waals surface area (Å²) in [6.07, 6.45) is 6.33. The van der Waals surface area contributed by atoms with Crippen LogP contribution in [0.1, 0.15) is 77.6 Å². The van der Waals surface area contributed by atoms with Crippen molar-refractivity contribution in [3.05, 3.63) is 51.9 Å². The summed E-state index contributed by atoms with van der Waals surface area (Å²) < 4.78 is 0. The first kappa shape index (κ1) is 21.1. The number of carbonyl (C=O) groups excluding carboxylic acids is 2. The van der Waals surface area contributed by atoms with Gasteiger partial charge in [-0.25, -0.2) is 0 Å². The van der Waals surface area contributed by atoms with E-state index in [4.69, 9.17) is 0 Å². The number of anilines is 1. The number of rotatable bonds is 3. The molecule has 2 aliphatic rings. The molecule has 1 fully saturated rings. The molecule has 0 radical (unpaired) electrons. The Morgan fingerprint density at radius 3 is 2.43 bits per heavy atom. The Hall–Kier alpha value is -2.14. The Labute approximate surface area is 183 Å². The lowest BCUT2D eigenvalue weighted by Crippen LogP contribution is -2.36. The number of likely N-dealkylation sites (tertiary alicyclic amines) is 1. The van der Waals surface area contributed by atoms with Crippen LogP contribution in [0.4, 0.5) is 5.00 Å². The van der Waals surface area contributed by atoms with Crippen molar-refractivity contribution in [3.63, 3.8) is 0 Å². The third-order valence-electron chi connectivity index (χ3n) is 6.61. The van der Waals surface area contributed by atoms with Crippen LogP contribution in [0.5, 0.6) is 0 Å². The summed E-state index contributed by atoms with van der Waals surface area (Å²) in [6, 6.07) is 9.25. The first-order valence-corrected chi connectivity index (χ1v) is 12.0. The van der Waals surface area contributed by atoms with Crippen molar-refractivity contribution in [1.82, 2.24) is 4.90 Å². The maximum atomic E-state index is 13.5. The summed E-state index contributed by atoms with van der Waals surface area (Å²) in [5, 5.41) is 3.82. The van der Waals surface area contributed by atoms with Gasteiger partial charge in [0, 0.05) is 23.5 Å². The summed E-state index contributed by atoms with van der Waals surface area (Å²) >= 11 is 1.62. The molecule has 1 aliphatic carbocycles. The second-order valence-electron chi connectivity index (χ2n) is 9.69. The van der Waals surface area contributed by atoms with Crippen LogP contribution in [0, 0.1) is 11.3 Å². The van der Waals surface area contributed by atoms with Gasteiger partial charge in [-0.05, 0) is 67.6 Å². The Kier molecular flexibility index (Phi) is 6.01. The molecule has 1 unspecified atom stereocenters. The maximum absolute atomic E-state index is 13.5. The van der Waals surface area contributed by atoms with Gasteiger partial charge in [-0.2, -0.15) is 0 Å². The summed E-state index contributed by atoms with van der Waals surface area (Å²) in [5.41, 5.74) is 2.80. The van der Waals surface area contributed by atoms with Gasteiger partial charge >= 0.3 is 0 Å². The number of hydrogen-bond donors (Lipinski definition) is 1. The number of nitrogens with one attached hydrogen (secondary N) is 1. The Morgan fingerprint density at radius 1 is 1.07 bits per heavy atom. The van der Waals surface area contributed by atoms with Gasteiger partial charge < -0.3 is 10.2 Å². The van der Waals surface area contributed by atoms with E-state index in [1.54, 1.807) is 11.3 Å². The molecule has 2 aromatic rings. The molecule has 1 aromatic heterocycles. The van der Waals surface area contributed by atoms with Crippen LogP contribution in [-0.2, 0) is 12.8 Å². The van der Waals surface area contributed by atoms with Crippen LogP contribution in [0.3, 0.4) is 0 Å². The molecule has 2 amide bonds. The zero-order chi connectivity index (χ0) is 21.3. The number of thiophene rings is 1. The highest BCUT2D eigenvalue weighted by Crippen LogP contribution is 2.44. The van der Waals surface area contributed by atoms with Gasteiger partial charge in [0.15, 0.2) is 0 Å². The molecule has 0 spiro atoms. The van der Waals surface area contributed by atoms with E-state index in [1.165, 1.54) is 16.9 Å². The summed E-state index contributed by atoms with van der Waals surface area (Å²) in [5.74, 6) is 0.554. The third-order valence-corrected chi connectivity index (χ3v) is 7.78. The SMILES string of the molecule is CC(C)(C)C1CCc2c(sc(NC(=O)c3ccccc3)c2C(=O)N2CCCCC2)C1. The van der Waals surface area contributed by atoms with Crippen LogP contribution in [0.15, 0.2) is 30.3 Å². The highest BCUT2D eigenvalue weighted by Gasteiger charge is 2.35. The summed E-state index contributed by atoms with van der Waals surface area (Å²) in [7, 11) is 0. The van der Waals surface area contributed by atoms with E-state index in [0.29, 0.717) is 11.5 Å². The molecule has 4 nitrogen and oxygen atoms in total. The number of fused-ring (bicyclic) bond motifs is 1. The van der Waals surface area contributed by atoms with E-state index >= 15 is 0 Å². The lowest BCUT2D eigenvalue weighted by atomic mass is 9.72. The van der Waals surface area contributed by atoms with Gasteiger partial charge in [0.05, 0.1) is 5.56 Å². The normalized spacial score (nSPS) is 19.3. The molecule has 1 saturated heterocycles. The number of nitrogens with zero attached hydrogens (tertiary/aromatic N) is 1. The first-order chi connectivity index (χ1) is 14.3. The van der Waals surface area contributed by atoms with Crippen LogP contribution >= 0.6 is 11.3 Å². The minimum atomic E-state index is -0.144. The number of piperidine rings is 1. The first-order valence-electron chi connectivity index (χ1n) is 11.1. The fraction of sp³-hybridized carbons (Fsp3) is 0.520. The van der Waals surface area contributed by atoms with Crippen molar-refractivity contribution >= 4 is 28.2 Å². The van der Waals surface area contributed by atoms with Crippen molar-refractivity contribution in [2.75, 3.05) is 18.4 Å². The molecule has 1 aliphatic heterocycles. The Balaban J connectivity index is 1.68.